The molecular formula is C15H10Br2ClN3. The number of halogens is 3. The molecule has 3 aromatic rings. The molecule has 0 spiro atoms. The van der Waals surface area contributed by atoms with Crippen molar-refractivity contribution in [2.75, 3.05) is 5.32 Å². The van der Waals surface area contributed by atoms with Gasteiger partial charge in [0.1, 0.15) is 0 Å². The number of hydrogen-bond acceptors (Lipinski definition) is 3. The normalized spacial score (nSPS) is 10.8. The summed E-state index contributed by atoms with van der Waals surface area (Å²) < 4.78 is 1.89. The first-order valence-corrected chi connectivity index (χ1v) is 8.18. The van der Waals surface area contributed by atoms with E-state index in [9.17, 15) is 0 Å². The van der Waals surface area contributed by atoms with Gasteiger partial charge in [0.2, 0.25) is 0 Å². The van der Waals surface area contributed by atoms with Crippen LogP contribution in [0.4, 0.5) is 5.69 Å². The van der Waals surface area contributed by atoms with Crippen molar-refractivity contribution in [2.45, 2.75) is 6.54 Å². The third kappa shape index (κ3) is 3.36. The highest BCUT2D eigenvalue weighted by atomic mass is 79.9. The standard InChI is InChI=1S/C15H10Br2ClN3/c16-10-5-12(17)14(20-7-10)8-21-13-6-11(18)4-9-2-1-3-19-15(9)13/h1-7,21H,8H2. The monoisotopic (exact) mass is 425 g/mol. The SMILES string of the molecule is Clc1cc(NCc2ncc(Br)cc2Br)c2ncccc2c1. The van der Waals surface area contributed by atoms with Gasteiger partial charge < -0.3 is 5.32 Å². The van der Waals surface area contributed by atoms with Gasteiger partial charge in [-0.15, -0.1) is 0 Å². The number of aromatic nitrogens is 2. The van der Waals surface area contributed by atoms with E-state index in [1.54, 1.807) is 12.4 Å². The quantitative estimate of drug-likeness (QED) is 0.607. The van der Waals surface area contributed by atoms with Crippen LogP contribution < -0.4 is 5.32 Å². The second-order valence-corrected chi connectivity index (χ2v) is 6.67. The van der Waals surface area contributed by atoms with Crippen LogP contribution in [0.1, 0.15) is 5.69 Å². The van der Waals surface area contributed by atoms with Gasteiger partial charge in [-0.25, -0.2) is 0 Å². The third-order valence-electron chi connectivity index (χ3n) is 3.00. The summed E-state index contributed by atoms with van der Waals surface area (Å²) in [4.78, 5) is 8.80. The second kappa shape index (κ2) is 6.30. The van der Waals surface area contributed by atoms with Crippen molar-refractivity contribution >= 4 is 60.1 Å². The molecular weight excluding hydrogens is 417 g/mol. The maximum absolute atomic E-state index is 6.16. The Labute approximate surface area is 144 Å². The molecule has 0 aliphatic heterocycles. The molecule has 0 saturated heterocycles. The van der Waals surface area contributed by atoms with Crippen LogP contribution in [0, 0.1) is 0 Å². The molecule has 2 heterocycles. The molecule has 3 rings (SSSR count). The molecule has 106 valence electrons. The molecule has 2 aromatic heterocycles. The minimum absolute atomic E-state index is 0.583. The maximum atomic E-state index is 6.16. The number of benzene rings is 1. The lowest BCUT2D eigenvalue weighted by Crippen LogP contribution is -2.03. The Balaban J connectivity index is 1.91. The van der Waals surface area contributed by atoms with E-state index >= 15 is 0 Å². The first kappa shape index (κ1) is 14.8. The lowest BCUT2D eigenvalue weighted by atomic mass is 10.2. The van der Waals surface area contributed by atoms with E-state index in [-0.39, 0.29) is 0 Å². The van der Waals surface area contributed by atoms with Gasteiger partial charge in [-0.3, -0.25) is 9.97 Å². The van der Waals surface area contributed by atoms with Gasteiger partial charge >= 0.3 is 0 Å². The number of anilines is 1. The largest absolute Gasteiger partial charge is 0.378 e. The fourth-order valence-electron chi connectivity index (χ4n) is 2.04. The minimum atomic E-state index is 0.583. The number of hydrogen-bond donors (Lipinski definition) is 1. The maximum Gasteiger partial charge on any atom is 0.0934 e. The fourth-order valence-corrected chi connectivity index (χ4v) is 3.40. The van der Waals surface area contributed by atoms with Crippen molar-refractivity contribution in [2.24, 2.45) is 0 Å². The Hall–Kier alpha value is -1.17. The van der Waals surface area contributed by atoms with E-state index < -0.39 is 0 Å². The molecule has 0 aliphatic rings. The Kier molecular flexibility index (Phi) is 4.42. The zero-order valence-electron chi connectivity index (χ0n) is 10.8. The van der Waals surface area contributed by atoms with Crippen molar-refractivity contribution in [3.8, 4) is 0 Å². The fraction of sp³-hybridized carbons (Fsp3) is 0.0667. The summed E-state index contributed by atoms with van der Waals surface area (Å²) in [6.07, 6.45) is 3.55. The molecule has 6 heteroatoms. The van der Waals surface area contributed by atoms with Crippen LogP contribution >= 0.6 is 43.5 Å². The predicted octanol–water partition coefficient (Wildman–Crippen LogP) is 5.42. The van der Waals surface area contributed by atoms with Crippen LogP contribution in [0.5, 0.6) is 0 Å². The molecule has 3 nitrogen and oxygen atoms in total. The van der Waals surface area contributed by atoms with Crippen LogP contribution in [0.3, 0.4) is 0 Å². The summed E-state index contributed by atoms with van der Waals surface area (Å²) in [6, 6.07) is 9.65. The molecule has 0 bridgehead atoms. The topological polar surface area (TPSA) is 37.8 Å². The third-order valence-corrected chi connectivity index (χ3v) is 4.34. The van der Waals surface area contributed by atoms with Gasteiger partial charge in [0.15, 0.2) is 0 Å². The predicted molar refractivity (Wildman–Crippen MR) is 93.7 cm³/mol. The van der Waals surface area contributed by atoms with Gasteiger partial charge in [-0.05, 0) is 56.1 Å². The van der Waals surface area contributed by atoms with Gasteiger partial charge in [0, 0.05) is 31.7 Å². The Morgan fingerprint density at radius 1 is 1.14 bits per heavy atom. The summed E-state index contributed by atoms with van der Waals surface area (Å²) in [5.41, 5.74) is 2.71. The van der Waals surface area contributed by atoms with Crippen molar-refractivity contribution in [1.82, 2.24) is 9.97 Å². The molecule has 21 heavy (non-hydrogen) atoms. The number of pyridine rings is 2. The van der Waals surface area contributed by atoms with E-state index in [4.69, 9.17) is 11.6 Å². The van der Waals surface area contributed by atoms with E-state index in [1.165, 1.54) is 0 Å². The number of rotatable bonds is 3. The van der Waals surface area contributed by atoms with E-state index in [0.717, 1.165) is 31.2 Å². The summed E-state index contributed by atoms with van der Waals surface area (Å²) >= 11 is 13.1. The van der Waals surface area contributed by atoms with Gasteiger partial charge in [-0.1, -0.05) is 17.7 Å². The highest BCUT2D eigenvalue weighted by molar-refractivity contribution is 9.11. The molecule has 0 saturated carbocycles. The van der Waals surface area contributed by atoms with Crippen molar-refractivity contribution < 1.29 is 0 Å². The Morgan fingerprint density at radius 3 is 2.81 bits per heavy atom. The van der Waals surface area contributed by atoms with Gasteiger partial charge in [0.25, 0.3) is 0 Å². The minimum Gasteiger partial charge on any atom is -0.378 e. The summed E-state index contributed by atoms with van der Waals surface area (Å²) in [7, 11) is 0. The summed E-state index contributed by atoms with van der Waals surface area (Å²) in [5, 5.41) is 5.04. The van der Waals surface area contributed by atoms with Crippen LogP contribution in [0.25, 0.3) is 10.9 Å². The first-order chi connectivity index (χ1) is 10.1. The smallest absolute Gasteiger partial charge is 0.0934 e. The van der Waals surface area contributed by atoms with Crippen molar-refractivity contribution in [3.05, 3.63) is 62.4 Å². The number of fused-ring (bicyclic) bond motifs is 1. The zero-order valence-corrected chi connectivity index (χ0v) is 14.7. The number of nitrogens with one attached hydrogen (secondary N) is 1. The molecule has 0 amide bonds. The Morgan fingerprint density at radius 2 is 2.00 bits per heavy atom. The van der Waals surface area contributed by atoms with E-state index in [0.29, 0.717) is 11.6 Å². The molecule has 0 atom stereocenters. The zero-order chi connectivity index (χ0) is 14.8. The first-order valence-electron chi connectivity index (χ1n) is 6.21. The van der Waals surface area contributed by atoms with E-state index in [2.05, 4.69) is 47.1 Å². The van der Waals surface area contributed by atoms with Gasteiger partial charge in [0.05, 0.1) is 23.4 Å². The second-order valence-electron chi connectivity index (χ2n) is 4.46. The van der Waals surface area contributed by atoms with Crippen LogP contribution in [-0.4, -0.2) is 9.97 Å². The summed E-state index contributed by atoms with van der Waals surface area (Å²) in [5.74, 6) is 0. The van der Waals surface area contributed by atoms with Crippen LogP contribution in [-0.2, 0) is 6.54 Å². The van der Waals surface area contributed by atoms with E-state index in [1.807, 2.05) is 30.3 Å². The average molecular weight is 428 g/mol. The van der Waals surface area contributed by atoms with Gasteiger partial charge in [-0.2, -0.15) is 0 Å². The molecule has 0 radical (unpaired) electrons. The van der Waals surface area contributed by atoms with Crippen LogP contribution in [0.15, 0.2) is 51.7 Å². The van der Waals surface area contributed by atoms with Crippen molar-refractivity contribution in [3.63, 3.8) is 0 Å². The molecule has 1 aromatic carbocycles. The van der Waals surface area contributed by atoms with Crippen LogP contribution in [0.2, 0.25) is 5.02 Å². The highest BCUT2D eigenvalue weighted by Crippen LogP contribution is 2.27. The number of nitrogens with zero attached hydrogens (tertiary/aromatic N) is 2. The molecule has 0 aliphatic carbocycles. The molecule has 1 N–H and O–H groups in total. The summed E-state index contributed by atoms with van der Waals surface area (Å²) in [6.45, 7) is 0.583. The average Bonchev–Trinajstić information content (AvgIpc) is 2.46. The van der Waals surface area contributed by atoms with Crippen molar-refractivity contribution in [1.29, 1.82) is 0 Å². The molecule has 0 unspecified atom stereocenters. The lowest BCUT2D eigenvalue weighted by molar-refractivity contribution is 1.03. The Bertz CT molecular complexity index is 808. The highest BCUT2D eigenvalue weighted by Gasteiger charge is 2.07. The molecule has 0 fully saturated rings. The lowest BCUT2D eigenvalue weighted by Gasteiger charge is -2.10.